The Morgan fingerprint density at radius 3 is 2.51 bits per heavy atom. The number of hydrogen-bond donors (Lipinski definition) is 1. The number of rotatable bonds is 12. The van der Waals surface area contributed by atoms with Gasteiger partial charge in [-0.2, -0.15) is 0 Å². The molecule has 0 radical (unpaired) electrons. The van der Waals surface area contributed by atoms with Crippen LogP contribution in [0.2, 0.25) is 5.02 Å². The van der Waals surface area contributed by atoms with Crippen LogP contribution in [-0.2, 0) is 23.9 Å². The van der Waals surface area contributed by atoms with E-state index in [1.54, 1.807) is 41.3 Å². The molecule has 3 aliphatic heterocycles. The van der Waals surface area contributed by atoms with E-state index in [4.69, 9.17) is 21.1 Å². The minimum Gasteiger partial charge on any atom is -0.465 e. The summed E-state index contributed by atoms with van der Waals surface area (Å²) in [4.78, 5) is 45.5. The number of ether oxygens (including phenoxy) is 2. The first-order valence-corrected chi connectivity index (χ1v) is 14.1. The van der Waals surface area contributed by atoms with Gasteiger partial charge in [0, 0.05) is 17.3 Å². The quantitative estimate of drug-likeness (QED) is 0.235. The van der Waals surface area contributed by atoms with Crippen molar-refractivity contribution >= 4 is 35.1 Å². The van der Waals surface area contributed by atoms with Crippen molar-refractivity contribution in [2.75, 3.05) is 24.7 Å². The molecule has 1 aromatic carbocycles. The molecule has 6 atom stereocenters. The highest BCUT2D eigenvalue weighted by molar-refractivity contribution is 6.30. The van der Waals surface area contributed by atoms with Crippen molar-refractivity contribution in [3.8, 4) is 0 Å². The molecule has 9 heteroatoms. The van der Waals surface area contributed by atoms with Crippen molar-refractivity contribution in [2.24, 2.45) is 17.8 Å². The number of hydrogen-bond acceptors (Lipinski definition) is 6. The number of aliphatic hydroxyl groups excluding tert-OH is 1. The molecule has 4 rings (SSSR count). The van der Waals surface area contributed by atoms with E-state index in [2.05, 4.69) is 13.2 Å². The molecule has 1 N–H and O–H groups in total. The molecule has 0 aromatic heterocycles. The van der Waals surface area contributed by atoms with Gasteiger partial charge in [-0.25, -0.2) is 0 Å². The summed E-state index contributed by atoms with van der Waals surface area (Å²) in [5.41, 5.74) is -1.52. The van der Waals surface area contributed by atoms with Gasteiger partial charge in [-0.1, -0.05) is 44.5 Å². The zero-order chi connectivity index (χ0) is 28.5. The van der Waals surface area contributed by atoms with Crippen LogP contribution in [-0.4, -0.2) is 70.8 Å². The van der Waals surface area contributed by atoms with Crippen LogP contribution in [0, 0.1) is 17.8 Å². The van der Waals surface area contributed by atoms with E-state index in [0.717, 1.165) is 0 Å². The Labute approximate surface area is 235 Å². The SMILES string of the molecule is C=CCCOC(=O)[C@H]1[C@H]2C(=O)N([C@@H](CO)C(C)C)C(C(=O)N(CC=C)c3ccc(Cl)cc3)C23CC[C@]1(CC)O3. The minimum absolute atomic E-state index is 0.150. The van der Waals surface area contributed by atoms with Crippen LogP contribution in [0.1, 0.15) is 46.5 Å². The van der Waals surface area contributed by atoms with Gasteiger partial charge >= 0.3 is 5.97 Å². The van der Waals surface area contributed by atoms with Crippen LogP contribution in [0.4, 0.5) is 5.69 Å². The summed E-state index contributed by atoms with van der Waals surface area (Å²) >= 11 is 6.11. The van der Waals surface area contributed by atoms with Gasteiger partial charge < -0.3 is 24.4 Å². The van der Waals surface area contributed by atoms with Crippen molar-refractivity contribution in [3.63, 3.8) is 0 Å². The van der Waals surface area contributed by atoms with E-state index in [-0.39, 0.29) is 37.5 Å². The van der Waals surface area contributed by atoms with Gasteiger partial charge in [-0.15, -0.1) is 13.2 Å². The number of halogens is 1. The Kier molecular flexibility index (Phi) is 8.59. The molecule has 212 valence electrons. The minimum atomic E-state index is -1.22. The van der Waals surface area contributed by atoms with Crippen molar-refractivity contribution in [2.45, 2.75) is 69.7 Å². The van der Waals surface area contributed by atoms with E-state index in [0.29, 0.717) is 36.4 Å². The molecule has 3 heterocycles. The van der Waals surface area contributed by atoms with Crippen LogP contribution >= 0.6 is 11.6 Å². The molecule has 8 nitrogen and oxygen atoms in total. The second-order valence-electron chi connectivity index (χ2n) is 11.0. The molecule has 2 bridgehead atoms. The Hall–Kier alpha value is -2.68. The average molecular weight is 559 g/mol. The maximum absolute atomic E-state index is 14.6. The zero-order valence-corrected chi connectivity index (χ0v) is 23.7. The number of nitrogens with zero attached hydrogens (tertiary/aromatic N) is 2. The van der Waals surface area contributed by atoms with Crippen LogP contribution < -0.4 is 4.90 Å². The van der Waals surface area contributed by atoms with Gasteiger partial charge in [0.15, 0.2) is 0 Å². The second kappa shape index (κ2) is 11.4. The summed E-state index contributed by atoms with van der Waals surface area (Å²) in [7, 11) is 0. The van der Waals surface area contributed by atoms with Crippen molar-refractivity contribution < 1.29 is 29.0 Å². The third kappa shape index (κ3) is 4.70. The van der Waals surface area contributed by atoms with Gasteiger partial charge in [0.25, 0.3) is 5.91 Å². The van der Waals surface area contributed by atoms with Crippen LogP contribution in [0.5, 0.6) is 0 Å². The maximum Gasteiger partial charge on any atom is 0.312 e. The first-order chi connectivity index (χ1) is 18.6. The Morgan fingerprint density at radius 1 is 1.26 bits per heavy atom. The van der Waals surface area contributed by atoms with Gasteiger partial charge in [-0.05, 0) is 55.9 Å². The molecule has 0 aliphatic carbocycles. The highest BCUT2D eigenvalue weighted by Crippen LogP contribution is 2.65. The number of carbonyl (C=O) groups excluding carboxylic acids is 3. The normalized spacial score (nSPS) is 29.8. The largest absolute Gasteiger partial charge is 0.465 e. The zero-order valence-electron chi connectivity index (χ0n) is 23.0. The number of aliphatic hydroxyl groups is 1. The lowest BCUT2D eigenvalue weighted by molar-refractivity contribution is -0.162. The predicted molar refractivity (Wildman–Crippen MR) is 149 cm³/mol. The molecule has 1 aromatic rings. The fraction of sp³-hybridized carbons (Fsp3) is 0.567. The molecule has 2 amide bonds. The smallest absolute Gasteiger partial charge is 0.312 e. The molecule has 3 fully saturated rings. The molecule has 3 saturated heterocycles. The van der Waals surface area contributed by atoms with Crippen LogP contribution in [0.3, 0.4) is 0 Å². The summed E-state index contributed by atoms with van der Waals surface area (Å²) in [5.74, 6) is -3.07. The molecule has 3 aliphatic rings. The molecule has 39 heavy (non-hydrogen) atoms. The van der Waals surface area contributed by atoms with E-state index in [9.17, 15) is 19.5 Å². The molecular formula is C30H39ClN2O6. The standard InChI is InChI=1S/C30H39ClN2O6/c1-6-9-17-38-28(37)24-23-26(35)33(22(18-34)19(4)5)25(30(23)15-14-29(24,8-3)39-30)27(36)32(16-7-2)21-12-10-20(31)11-13-21/h6-7,10-13,19,22-25,34H,1-2,8-9,14-18H2,3-5H3/t22-,23-,24+,25?,29-,30?/m0/s1. The summed E-state index contributed by atoms with van der Waals surface area (Å²) in [6.45, 7) is 13.3. The van der Waals surface area contributed by atoms with Crippen molar-refractivity contribution in [1.82, 2.24) is 4.90 Å². The lowest BCUT2D eigenvalue weighted by atomic mass is 9.65. The lowest BCUT2D eigenvalue weighted by Gasteiger charge is -2.40. The fourth-order valence-corrected chi connectivity index (χ4v) is 6.95. The fourth-order valence-electron chi connectivity index (χ4n) is 6.82. The number of anilines is 1. The number of carbonyl (C=O) groups is 3. The highest BCUT2D eigenvalue weighted by Gasteiger charge is 2.79. The van der Waals surface area contributed by atoms with E-state index in [1.165, 1.54) is 4.90 Å². The van der Waals surface area contributed by atoms with Gasteiger partial charge in [0.05, 0.1) is 30.8 Å². The van der Waals surface area contributed by atoms with Crippen LogP contribution in [0.25, 0.3) is 0 Å². The number of benzene rings is 1. The number of fused-ring (bicyclic) bond motifs is 1. The summed E-state index contributed by atoms with van der Waals surface area (Å²) < 4.78 is 12.4. The molecule has 0 saturated carbocycles. The summed E-state index contributed by atoms with van der Waals surface area (Å²) in [6.07, 6.45) is 5.25. The highest BCUT2D eigenvalue weighted by atomic mass is 35.5. The first kappa shape index (κ1) is 29.3. The first-order valence-electron chi connectivity index (χ1n) is 13.7. The second-order valence-corrected chi connectivity index (χ2v) is 11.5. The molecule has 1 spiro atoms. The van der Waals surface area contributed by atoms with Crippen molar-refractivity contribution in [1.29, 1.82) is 0 Å². The third-order valence-corrected chi connectivity index (χ3v) is 8.95. The topological polar surface area (TPSA) is 96.4 Å². The monoisotopic (exact) mass is 558 g/mol. The number of likely N-dealkylation sites (tertiary alicyclic amines) is 1. The van der Waals surface area contributed by atoms with E-state index < -0.39 is 41.1 Å². The maximum atomic E-state index is 14.6. The predicted octanol–water partition coefficient (Wildman–Crippen LogP) is 4.15. The Bertz CT molecular complexity index is 1120. The molecule has 2 unspecified atom stereocenters. The van der Waals surface area contributed by atoms with Crippen LogP contribution in [0.15, 0.2) is 49.6 Å². The molecular weight excluding hydrogens is 520 g/mol. The van der Waals surface area contributed by atoms with E-state index in [1.807, 2.05) is 20.8 Å². The lowest BCUT2D eigenvalue weighted by Crippen LogP contribution is -2.60. The average Bonchev–Trinajstić information content (AvgIpc) is 3.52. The van der Waals surface area contributed by atoms with E-state index >= 15 is 0 Å². The Morgan fingerprint density at radius 2 is 1.95 bits per heavy atom. The van der Waals surface area contributed by atoms with Gasteiger partial charge in [-0.3, -0.25) is 14.4 Å². The summed E-state index contributed by atoms with van der Waals surface area (Å²) in [6, 6.07) is 5.20. The van der Waals surface area contributed by atoms with Gasteiger partial charge in [0.2, 0.25) is 5.91 Å². The third-order valence-electron chi connectivity index (χ3n) is 8.70. The van der Waals surface area contributed by atoms with Gasteiger partial charge in [0.1, 0.15) is 17.6 Å². The summed E-state index contributed by atoms with van der Waals surface area (Å²) in [5, 5.41) is 10.9. The van der Waals surface area contributed by atoms with Crippen molar-refractivity contribution in [3.05, 3.63) is 54.6 Å². The number of amides is 2. The Balaban J connectivity index is 1.84. The number of esters is 1.